The van der Waals surface area contributed by atoms with Crippen LogP contribution in [0.3, 0.4) is 0 Å². The van der Waals surface area contributed by atoms with Crippen molar-refractivity contribution in [2.75, 3.05) is 6.54 Å². The monoisotopic (exact) mass is 139 g/mol. The van der Waals surface area contributed by atoms with E-state index in [9.17, 15) is 5.11 Å². The first-order valence-electron chi connectivity index (χ1n) is 4.28. The molecule has 5 atom stereocenters. The van der Waals surface area contributed by atoms with E-state index in [2.05, 4.69) is 5.32 Å². The van der Waals surface area contributed by atoms with Crippen LogP contribution in [0.5, 0.6) is 0 Å². The van der Waals surface area contributed by atoms with Crippen molar-refractivity contribution in [2.45, 2.75) is 25.0 Å². The van der Waals surface area contributed by atoms with Crippen LogP contribution < -0.4 is 5.32 Å². The second-order valence-corrected chi connectivity index (χ2v) is 4.08. The Labute approximate surface area is 60.6 Å². The van der Waals surface area contributed by atoms with Crippen LogP contribution in [0, 0.1) is 17.8 Å². The van der Waals surface area contributed by atoms with Gasteiger partial charge in [0.25, 0.3) is 0 Å². The molecule has 0 aromatic rings. The zero-order valence-corrected chi connectivity index (χ0v) is 5.96. The average molecular weight is 139 g/mol. The van der Waals surface area contributed by atoms with E-state index in [4.69, 9.17) is 0 Å². The van der Waals surface area contributed by atoms with Crippen LogP contribution in [0.2, 0.25) is 0 Å². The normalized spacial score (nSPS) is 63.9. The summed E-state index contributed by atoms with van der Waals surface area (Å²) in [6.07, 6.45) is 2.57. The highest BCUT2D eigenvalue weighted by atomic mass is 16.3. The molecule has 10 heavy (non-hydrogen) atoms. The van der Waals surface area contributed by atoms with Gasteiger partial charge in [-0.2, -0.15) is 0 Å². The Morgan fingerprint density at radius 3 is 2.80 bits per heavy atom. The largest absolute Gasteiger partial charge is 0.391 e. The predicted octanol–water partition coefficient (Wildman–Crippen LogP) is -0.0249. The van der Waals surface area contributed by atoms with Gasteiger partial charge in [0.05, 0.1) is 6.10 Å². The molecule has 56 valence electrons. The molecule has 1 saturated heterocycles. The molecular weight excluding hydrogens is 126 g/mol. The molecule has 0 spiro atoms. The molecule has 2 saturated carbocycles. The van der Waals surface area contributed by atoms with Crippen LogP contribution in [0.4, 0.5) is 0 Å². The molecule has 3 aliphatic rings. The van der Waals surface area contributed by atoms with Gasteiger partial charge in [-0.15, -0.1) is 0 Å². The van der Waals surface area contributed by atoms with E-state index < -0.39 is 0 Å². The average Bonchev–Trinajstić information content (AvgIpc) is 2.43. The van der Waals surface area contributed by atoms with Gasteiger partial charge in [-0.25, -0.2) is 0 Å². The van der Waals surface area contributed by atoms with Gasteiger partial charge < -0.3 is 10.4 Å². The molecule has 0 amide bonds. The van der Waals surface area contributed by atoms with E-state index in [0.717, 1.165) is 11.8 Å². The molecule has 0 radical (unpaired) electrons. The Hall–Kier alpha value is -0.0800. The lowest BCUT2D eigenvalue weighted by Gasteiger charge is -2.22. The molecule has 2 aliphatic carbocycles. The predicted molar refractivity (Wildman–Crippen MR) is 37.5 cm³/mol. The zero-order valence-electron chi connectivity index (χ0n) is 5.96. The van der Waals surface area contributed by atoms with E-state index in [1.165, 1.54) is 19.4 Å². The molecule has 3 fully saturated rings. The molecule has 2 bridgehead atoms. The van der Waals surface area contributed by atoms with Crippen LogP contribution in [-0.2, 0) is 0 Å². The van der Waals surface area contributed by atoms with Crippen molar-refractivity contribution in [2.24, 2.45) is 17.8 Å². The number of rotatable bonds is 0. The lowest BCUT2D eigenvalue weighted by molar-refractivity contribution is 0.0909. The Balaban J connectivity index is 2.00. The van der Waals surface area contributed by atoms with Crippen molar-refractivity contribution in [1.82, 2.24) is 5.32 Å². The highest BCUT2D eigenvalue weighted by molar-refractivity contribution is 5.09. The summed E-state index contributed by atoms with van der Waals surface area (Å²) in [4.78, 5) is 0. The Kier molecular flexibility index (Phi) is 0.868. The van der Waals surface area contributed by atoms with Crippen molar-refractivity contribution < 1.29 is 5.11 Å². The molecule has 3 rings (SSSR count). The fourth-order valence-electron chi connectivity index (χ4n) is 3.26. The number of aliphatic hydroxyl groups is 1. The van der Waals surface area contributed by atoms with Crippen LogP contribution >= 0.6 is 0 Å². The minimum Gasteiger partial charge on any atom is -0.391 e. The highest BCUT2D eigenvalue weighted by Gasteiger charge is 2.55. The molecule has 1 aliphatic heterocycles. The fourth-order valence-corrected chi connectivity index (χ4v) is 3.26. The van der Waals surface area contributed by atoms with E-state index in [1.807, 2.05) is 0 Å². The second-order valence-electron chi connectivity index (χ2n) is 4.08. The van der Waals surface area contributed by atoms with Crippen LogP contribution in [-0.4, -0.2) is 23.8 Å². The standard InChI is InChI=1S/C8H13NO/c10-8-4-1-5-3-9-7(8)6(5)2-4/h4-10H,1-3H2/t4-,5-,6-,7-,8-/m1/s1. The number of fused-ring (bicyclic) bond motifs is 1. The number of hydrogen-bond donors (Lipinski definition) is 2. The third kappa shape index (κ3) is 0.453. The van der Waals surface area contributed by atoms with Crippen LogP contribution in [0.25, 0.3) is 0 Å². The number of nitrogens with one attached hydrogen (secondary N) is 1. The molecule has 2 N–H and O–H groups in total. The number of hydrogen-bond acceptors (Lipinski definition) is 2. The van der Waals surface area contributed by atoms with E-state index in [0.29, 0.717) is 12.0 Å². The summed E-state index contributed by atoms with van der Waals surface area (Å²) in [5, 5.41) is 13.1. The van der Waals surface area contributed by atoms with Gasteiger partial charge in [0, 0.05) is 6.04 Å². The van der Waals surface area contributed by atoms with Crippen LogP contribution in [0.1, 0.15) is 12.8 Å². The SMILES string of the molecule is O[C@@H]1[C@@H]2C[C@@H]3CN[C@@H]1[C@@H]3C2. The highest BCUT2D eigenvalue weighted by Crippen LogP contribution is 2.51. The summed E-state index contributed by atoms with van der Waals surface area (Å²) in [7, 11) is 0. The first kappa shape index (κ1) is 5.56. The third-order valence-electron chi connectivity index (χ3n) is 3.71. The molecule has 1 heterocycles. The smallest absolute Gasteiger partial charge is 0.0724 e. The zero-order chi connectivity index (χ0) is 6.72. The second kappa shape index (κ2) is 1.56. The molecule has 0 aromatic carbocycles. The summed E-state index contributed by atoms with van der Waals surface area (Å²) in [6, 6.07) is 0.476. The topological polar surface area (TPSA) is 32.3 Å². The first-order valence-corrected chi connectivity index (χ1v) is 4.28. The lowest BCUT2D eigenvalue weighted by atomic mass is 9.88. The van der Waals surface area contributed by atoms with Crippen LogP contribution in [0.15, 0.2) is 0 Å². The van der Waals surface area contributed by atoms with E-state index >= 15 is 0 Å². The van der Waals surface area contributed by atoms with Gasteiger partial charge in [-0.1, -0.05) is 0 Å². The molecule has 2 nitrogen and oxygen atoms in total. The van der Waals surface area contributed by atoms with Gasteiger partial charge in [-0.3, -0.25) is 0 Å². The minimum absolute atomic E-state index is 0.0104. The van der Waals surface area contributed by atoms with E-state index in [-0.39, 0.29) is 6.10 Å². The van der Waals surface area contributed by atoms with E-state index in [1.54, 1.807) is 0 Å². The van der Waals surface area contributed by atoms with Gasteiger partial charge in [-0.05, 0) is 37.1 Å². The summed E-state index contributed by atoms with van der Waals surface area (Å²) in [6.45, 7) is 1.17. The summed E-state index contributed by atoms with van der Waals surface area (Å²) in [5.74, 6) is 2.40. The Bertz CT molecular complexity index is 169. The molecule has 2 heteroatoms. The molecule has 0 unspecified atom stereocenters. The van der Waals surface area contributed by atoms with Gasteiger partial charge in [0.2, 0.25) is 0 Å². The van der Waals surface area contributed by atoms with Crippen molar-refractivity contribution >= 4 is 0 Å². The van der Waals surface area contributed by atoms with Crippen molar-refractivity contribution in [3.63, 3.8) is 0 Å². The van der Waals surface area contributed by atoms with Crippen molar-refractivity contribution in [3.05, 3.63) is 0 Å². The van der Waals surface area contributed by atoms with Crippen molar-refractivity contribution in [3.8, 4) is 0 Å². The summed E-state index contributed by atoms with van der Waals surface area (Å²) >= 11 is 0. The maximum atomic E-state index is 9.64. The van der Waals surface area contributed by atoms with Gasteiger partial charge >= 0.3 is 0 Å². The minimum atomic E-state index is -0.0104. The number of aliphatic hydroxyl groups excluding tert-OH is 1. The van der Waals surface area contributed by atoms with Gasteiger partial charge in [0.15, 0.2) is 0 Å². The summed E-state index contributed by atoms with van der Waals surface area (Å²) in [5.41, 5.74) is 0. The lowest BCUT2D eigenvalue weighted by Crippen LogP contribution is -2.37. The summed E-state index contributed by atoms with van der Waals surface area (Å²) < 4.78 is 0. The third-order valence-corrected chi connectivity index (χ3v) is 3.71. The first-order chi connectivity index (χ1) is 4.86. The fraction of sp³-hybridized carbons (Fsp3) is 1.00. The Morgan fingerprint density at radius 1 is 1.20 bits per heavy atom. The van der Waals surface area contributed by atoms with Gasteiger partial charge in [0.1, 0.15) is 0 Å². The maximum absolute atomic E-state index is 9.64. The Morgan fingerprint density at radius 2 is 2.10 bits per heavy atom. The molecular formula is C8H13NO. The maximum Gasteiger partial charge on any atom is 0.0724 e. The quantitative estimate of drug-likeness (QED) is 0.494. The molecule has 0 aromatic heterocycles. The van der Waals surface area contributed by atoms with Crippen molar-refractivity contribution in [1.29, 1.82) is 0 Å².